The van der Waals surface area contributed by atoms with E-state index in [9.17, 15) is 4.79 Å². The van der Waals surface area contributed by atoms with E-state index >= 15 is 0 Å². The lowest BCUT2D eigenvalue weighted by Crippen LogP contribution is -2.09. The van der Waals surface area contributed by atoms with Gasteiger partial charge < -0.3 is 9.47 Å². The Kier molecular flexibility index (Phi) is 3.03. The molecule has 1 aromatic heterocycles. The highest BCUT2D eigenvalue weighted by Crippen LogP contribution is 2.41. The van der Waals surface area contributed by atoms with Gasteiger partial charge in [0.15, 0.2) is 0 Å². The van der Waals surface area contributed by atoms with E-state index in [2.05, 4.69) is 22.0 Å². The number of ether oxygens (including phenoxy) is 2. The van der Waals surface area contributed by atoms with Gasteiger partial charge in [-0.1, -0.05) is 15.9 Å². The van der Waals surface area contributed by atoms with Crippen molar-refractivity contribution in [1.82, 2.24) is 0 Å². The minimum Gasteiger partial charge on any atom is -0.493 e. The lowest BCUT2D eigenvalue weighted by Gasteiger charge is -2.21. The van der Waals surface area contributed by atoms with Crippen LogP contribution in [-0.4, -0.2) is 19.7 Å². The molecule has 1 aliphatic heterocycles. The molecular weight excluding hydrogens is 316 g/mol. The van der Waals surface area contributed by atoms with Crippen LogP contribution in [0.4, 0.5) is 0 Å². The molecule has 0 saturated heterocycles. The molecule has 3 rings (SSSR count). The summed E-state index contributed by atoms with van der Waals surface area (Å²) >= 11 is 5.09. The van der Waals surface area contributed by atoms with Crippen molar-refractivity contribution >= 4 is 43.3 Å². The quantitative estimate of drug-likeness (QED) is 0.588. The largest absolute Gasteiger partial charge is 0.493 e. The Bertz CT molecular complexity index is 620. The molecule has 94 valence electrons. The van der Waals surface area contributed by atoms with Gasteiger partial charge in [0.05, 0.1) is 13.7 Å². The third kappa shape index (κ3) is 1.91. The van der Waals surface area contributed by atoms with E-state index in [0.29, 0.717) is 9.70 Å². The summed E-state index contributed by atoms with van der Waals surface area (Å²) in [6.45, 7) is 0.726. The lowest BCUT2D eigenvalue weighted by molar-refractivity contribution is 0.0606. The van der Waals surface area contributed by atoms with Crippen molar-refractivity contribution in [1.29, 1.82) is 0 Å². The summed E-state index contributed by atoms with van der Waals surface area (Å²) in [7, 11) is 1.40. The molecule has 0 N–H and O–H groups in total. The normalized spacial score (nSPS) is 18.2. The molecule has 0 spiro atoms. The first-order chi connectivity index (χ1) is 8.69. The monoisotopic (exact) mass is 326 g/mol. The van der Waals surface area contributed by atoms with E-state index in [4.69, 9.17) is 9.47 Å². The summed E-state index contributed by atoms with van der Waals surface area (Å²) in [6.07, 6.45) is 0.965. The molecule has 0 fully saturated rings. The number of rotatable bonds is 1. The minimum absolute atomic E-state index is 0.287. The van der Waals surface area contributed by atoms with Crippen molar-refractivity contribution in [3.8, 4) is 5.75 Å². The van der Waals surface area contributed by atoms with Gasteiger partial charge >= 0.3 is 5.97 Å². The third-order valence-corrected chi connectivity index (χ3v) is 5.03. The molecular formula is C13H11BrO3S. The van der Waals surface area contributed by atoms with Crippen molar-refractivity contribution < 1.29 is 14.3 Å². The Hall–Kier alpha value is -1.07. The molecule has 0 amide bonds. The molecule has 1 aliphatic rings. The second kappa shape index (κ2) is 4.55. The zero-order valence-electron chi connectivity index (χ0n) is 9.73. The van der Waals surface area contributed by atoms with Crippen LogP contribution in [0.2, 0.25) is 0 Å². The van der Waals surface area contributed by atoms with Crippen LogP contribution >= 0.6 is 27.3 Å². The Labute approximate surface area is 117 Å². The van der Waals surface area contributed by atoms with Gasteiger partial charge in [-0.3, -0.25) is 0 Å². The summed E-state index contributed by atoms with van der Waals surface area (Å²) < 4.78 is 11.5. The SMILES string of the molecule is COC(=O)c1cc2cc3c(cc2s1)OCCC3Br. The van der Waals surface area contributed by atoms with Crippen molar-refractivity contribution in [3.05, 3.63) is 28.6 Å². The Morgan fingerprint density at radius 1 is 1.50 bits per heavy atom. The Balaban J connectivity index is 2.14. The predicted molar refractivity (Wildman–Crippen MR) is 74.9 cm³/mol. The highest BCUT2D eigenvalue weighted by atomic mass is 79.9. The van der Waals surface area contributed by atoms with Crippen LogP contribution in [0.25, 0.3) is 10.1 Å². The van der Waals surface area contributed by atoms with Crippen LogP contribution in [0, 0.1) is 0 Å². The summed E-state index contributed by atoms with van der Waals surface area (Å²) in [5.41, 5.74) is 1.16. The predicted octanol–water partition coefficient (Wildman–Crippen LogP) is 3.91. The van der Waals surface area contributed by atoms with Crippen LogP contribution < -0.4 is 4.74 Å². The summed E-state index contributed by atoms with van der Waals surface area (Å²) in [6, 6.07) is 5.97. The van der Waals surface area contributed by atoms with Crippen molar-refractivity contribution in [2.24, 2.45) is 0 Å². The minimum atomic E-state index is -0.287. The first kappa shape index (κ1) is 12.0. The van der Waals surface area contributed by atoms with E-state index in [1.54, 1.807) is 0 Å². The van der Waals surface area contributed by atoms with Gasteiger partial charge in [-0.05, 0) is 30.0 Å². The van der Waals surface area contributed by atoms with Crippen LogP contribution in [0.15, 0.2) is 18.2 Å². The summed E-state index contributed by atoms with van der Waals surface area (Å²) in [5, 5.41) is 1.06. The summed E-state index contributed by atoms with van der Waals surface area (Å²) in [4.78, 5) is 12.5. The zero-order valence-corrected chi connectivity index (χ0v) is 12.1. The maximum atomic E-state index is 11.5. The van der Waals surface area contributed by atoms with Gasteiger partial charge in [-0.25, -0.2) is 4.79 Å². The molecule has 0 aliphatic carbocycles. The number of fused-ring (bicyclic) bond motifs is 2. The molecule has 1 unspecified atom stereocenters. The van der Waals surface area contributed by atoms with Gasteiger partial charge in [0.2, 0.25) is 0 Å². The second-order valence-corrected chi connectivity index (χ2v) is 6.32. The molecule has 1 aromatic carbocycles. The number of carbonyl (C=O) groups excluding carboxylic acids is 1. The van der Waals surface area contributed by atoms with E-state index < -0.39 is 0 Å². The number of hydrogen-bond acceptors (Lipinski definition) is 4. The number of esters is 1. The molecule has 0 saturated carbocycles. The van der Waals surface area contributed by atoms with Crippen molar-refractivity contribution in [2.45, 2.75) is 11.2 Å². The van der Waals surface area contributed by atoms with Crippen molar-refractivity contribution in [2.75, 3.05) is 13.7 Å². The highest BCUT2D eigenvalue weighted by molar-refractivity contribution is 9.09. The van der Waals surface area contributed by atoms with Crippen LogP contribution in [0.1, 0.15) is 26.5 Å². The number of benzene rings is 1. The first-order valence-corrected chi connectivity index (χ1v) is 7.35. The number of alkyl halides is 1. The molecule has 0 radical (unpaired) electrons. The maximum absolute atomic E-state index is 11.5. The molecule has 1 atom stereocenters. The number of thiophene rings is 1. The van der Waals surface area contributed by atoms with E-state index in [-0.39, 0.29) is 5.97 Å². The Morgan fingerprint density at radius 2 is 2.33 bits per heavy atom. The van der Waals surface area contributed by atoms with Gasteiger partial charge in [-0.15, -0.1) is 11.3 Å². The average Bonchev–Trinajstić information content (AvgIpc) is 2.79. The van der Waals surface area contributed by atoms with Crippen LogP contribution in [0.5, 0.6) is 5.75 Å². The maximum Gasteiger partial charge on any atom is 0.348 e. The fraction of sp³-hybridized carbons (Fsp3) is 0.308. The number of methoxy groups -OCH3 is 1. The third-order valence-electron chi connectivity index (χ3n) is 3.00. The number of halogens is 1. The molecule has 2 aromatic rings. The number of carbonyl (C=O) groups is 1. The van der Waals surface area contributed by atoms with Gasteiger partial charge in [0.25, 0.3) is 0 Å². The molecule has 3 nitrogen and oxygen atoms in total. The van der Waals surface area contributed by atoms with Crippen LogP contribution in [0.3, 0.4) is 0 Å². The van der Waals surface area contributed by atoms with Gasteiger partial charge in [0, 0.05) is 15.1 Å². The molecule has 18 heavy (non-hydrogen) atoms. The Morgan fingerprint density at radius 3 is 3.11 bits per heavy atom. The standard InChI is InChI=1S/C13H11BrO3S/c1-16-13(15)12-5-7-4-8-9(14)2-3-17-10(8)6-11(7)18-12/h4-6,9H,2-3H2,1H3. The smallest absolute Gasteiger partial charge is 0.348 e. The van der Waals surface area contributed by atoms with E-state index in [1.807, 2.05) is 12.1 Å². The zero-order chi connectivity index (χ0) is 12.7. The van der Waals surface area contributed by atoms with E-state index in [1.165, 1.54) is 18.4 Å². The fourth-order valence-electron chi connectivity index (χ4n) is 2.08. The van der Waals surface area contributed by atoms with Crippen LogP contribution in [-0.2, 0) is 4.74 Å². The average molecular weight is 327 g/mol. The summed E-state index contributed by atoms with van der Waals surface area (Å²) in [5.74, 6) is 0.624. The van der Waals surface area contributed by atoms with Gasteiger partial charge in [0.1, 0.15) is 10.6 Å². The number of hydrogen-bond donors (Lipinski definition) is 0. The highest BCUT2D eigenvalue weighted by Gasteiger charge is 2.21. The molecule has 5 heteroatoms. The second-order valence-electron chi connectivity index (χ2n) is 4.13. The van der Waals surface area contributed by atoms with E-state index in [0.717, 1.165) is 34.4 Å². The first-order valence-electron chi connectivity index (χ1n) is 5.61. The molecule has 0 bridgehead atoms. The lowest BCUT2D eigenvalue weighted by atomic mass is 10.0. The topological polar surface area (TPSA) is 35.5 Å². The van der Waals surface area contributed by atoms with Crippen molar-refractivity contribution in [3.63, 3.8) is 0 Å². The molecule has 2 heterocycles. The van der Waals surface area contributed by atoms with Gasteiger partial charge in [-0.2, -0.15) is 0 Å². The fourth-order valence-corrected chi connectivity index (χ4v) is 3.62.